The third-order valence-corrected chi connectivity index (χ3v) is 8.59. The van der Waals surface area contributed by atoms with E-state index in [4.69, 9.17) is 23.2 Å². The summed E-state index contributed by atoms with van der Waals surface area (Å²) in [6.45, 7) is 1.70. The average Bonchev–Trinajstić information content (AvgIpc) is 3.70. The number of amides is 1. The van der Waals surface area contributed by atoms with E-state index >= 15 is 0 Å². The SMILES string of the molecule is C[C@H](NC(=O)c1cc(Cl)cc(S(=O)(=O)C2CC2)c1)c1nc2c(Cl)cccc2nc1-c1ccc(F)cn1. The molecule has 2 aromatic carbocycles. The molecule has 1 N–H and O–H groups in total. The first kappa shape index (κ1) is 24.5. The van der Waals surface area contributed by atoms with Crippen molar-refractivity contribution in [1.29, 1.82) is 0 Å². The molecule has 184 valence electrons. The number of nitrogens with one attached hydrogen (secondary N) is 1. The summed E-state index contributed by atoms with van der Waals surface area (Å²) in [6.07, 6.45) is 2.26. The highest BCUT2D eigenvalue weighted by Gasteiger charge is 2.37. The van der Waals surface area contributed by atoms with Crippen LogP contribution in [-0.2, 0) is 9.84 Å². The Balaban J connectivity index is 1.53. The standard InChI is InChI=1S/C25H19Cl2FN4O3S/c1-13(30-25(33)14-9-15(26)11-18(10-14)36(34,35)17-6-7-17)22-24(20-8-5-16(28)12-29-20)31-21-4-2-3-19(27)23(21)32-22/h2-5,8-13,17H,6-7H2,1H3,(H,30,33)/t13-/m0/s1. The first-order valence-corrected chi connectivity index (χ1v) is 13.4. The molecule has 5 rings (SSSR count). The Kier molecular flexibility index (Phi) is 6.40. The van der Waals surface area contributed by atoms with Gasteiger partial charge in [0.15, 0.2) is 9.84 Å². The number of aromatic nitrogens is 3. The monoisotopic (exact) mass is 544 g/mol. The van der Waals surface area contributed by atoms with E-state index in [1.165, 1.54) is 30.3 Å². The number of hydrogen-bond donors (Lipinski definition) is 1. The highest BCUT2D eigenvalue weighted by molar-refractivity contribution is 7.92. The van der Waals surface area contributed by atoms with Gasteiger partial charge in [-0.1, -0.05) is 29.3 Å². The minimum Gasteiger partial charge on any atom is -0.344 e. The molecular weight excluding hydrogens is 526 g/mol. The normalized spacial score (nSPS) is 14.6. The summed E-state index contributed by atoms with van der Waals surface area (Å²) in [5, 5.41) is 2.91. The van der Waals surface area contributed by atoms with Gasteiger partial charge in [0.2, 0.25) is 0 Å². The number of carbonyl (C=O) groups is 1. The summed E-state index contributed by atoms with van der Waals surface area (Å²) in [4.78, 5) is 26.6. The zero-order valence-electron chi connectivity index (χ0n) is 18.9. The van der Waals surface area contributed by atoms with E-state index in [0.29, 0.717) is 46.0 Å². The van der Waals surface area contributed by atoms with Crippen LogP contribution in [0.15, 0.2) is 59.6 Å². The van der Waals surface area contributed by atoms with Crippen LogP contribution in [0.2, 0.25) is 10.0 Å². The molecule has 0 radical (unpaired) electrons. The van der Waals surface area contributed by atoms with Crippen LogP contribution in [0.4, 0.5) is 4.39 Å². The second kappa shape index (κ2) is 9.38. The molecule has 1 saturated carbocycles. The Labute approximate surface area is 216 Å². The predicted octanol–water partition coefficient (Wildman–Crippen LogP) is 5.56. The molecule has 0 aliphatic heterocycles. The van der Waals surface area contributed by atoms with Crippen LogP contribution in [0, 0.1) is 5.82 Å². The van der Waals surface area contributed by atoms with Crippen LogP contribution >= 0.6 is 23.2 Å². The molecule has 2 heterocycles. The maximum absolute atomic E-state index is 13.5. The van der Waals surface area contributed by atoms with Crippen LogP contribution in [-0.4, -0.2) is 34.5 Å². The number of nitrogens with zero attached hydrogens (tertiary/aromatic N) is 3. The summed E-state index contributed by atoms with van der Waals surface area (Å²) in [5.74, 6) is -1.05. The summed E-state index contributed by atoms with van der Waals surface area (Å²) in [7, 11) is -3.54. The number of rotatable bonds is 6. The van der Waals surface area contributed by atoms with Crippen molar-refractivity contribution >= 4 is 50.0 Å². The van der Waals surface area contributed by atoms with E-state index in [1.807, 2.05) is 0 Å². The molecule has 7 nitrogen and oxygen atoms in total. The molecule has 1 atom stereocenters. The zero-order chi connectivity index (χ0) is 25.6. The molecule has 4 aromatic rings. The maximum Gasteiger partial charge on any atom is 0.251 e. The van der Waals surface area contributed by atoms with Gasteiger partial charge < -0.3 is 5.32 Å². The van der Waals surface area contributed by atoms with E-state index in [-0.39, 0.29) is 15.5 Å². The van der Waals surface area contributed by atoms with E-state index in [1.54, 1.807) is 25.1 Å². The Morgan fingerprint density at radius 2 is 1.89 bits per heavy atom. The second-order valence-electron chi connectivity index (χ2n) is 8.54. The molecule has 0 saturated heterocycles. The van der Waals surface area contributed by atoms with E-state index in [0.717, 1.165) is 6.20 Å². The topological polar surface area (TPSA) is 102 Å². The first-order valence-electron chi connectivity index (χ1n) is 11.1. The lowest BCUT2D eigenvalue weighted by atomic mass is 10.1. The van der Waals surface area contributed by atoms with Gasteiger partial charge in [-0.15, -0.1) is 0 Å². The summed E-state index contributed by atoms with van der Waals surface area (Å²) in [5.41, 5.74) is 2.11. The van der Waals surface area contributed by atoms with E-state index < -0.39 is 32.9 Å². The van der Waals surface area contributed by atoms with Crippen LogP contribution in [0.25, 0.3) is 22.4 Å². The molecular formula is C25H19Cl2FN4O3S. The lowest BCUT2D eigenvalue weighted by molar-refractivity contribution is 0.0939. The van der Waals surface area contributed by atoms with Gasteiger partial charge in [0.05, 0.1) is 44.3 Å². The number of fused-ring (bicyclic) bond motifs is 1. The highest BCUT2D eigenvalue weighted by atomic mass is 35.5. The number of carbonyl (C=O) groups excluding carboxylic acids is 1. The number of sulfone groups is 1. The van der Waals surface area contributed by atoms with Gasteiger partial charge in [-0.05, 0) is 62.2 Å². The molecule has 0 bridgehead atoms. The number of para-hydroxylation sites is 1. The molecule has 2 aromatic heterocycles. The van der Waals surface area contributed by atoms with Crippen LogP contribution in [0.3, 0.4) is 0 Å². The number of pyridine rings is 1. The fraction of sp³-hybridized carbons (Fsp3) is 0.200. The van der Waals surface area contributed by atoms with Crippen molar-refractivity contribution in [3.63, 3.8) is 0 Å². The van der Waals surface area contributed by atoms with Gasteiger partial charge in [0.1, 0.15) is 17.0 Å². The van der Waals surface area contributed by atoms with Gasteiger partial charge in [0, 0.05) is 10.6 Å². The van der Waals surface area contributed by atoms with Gasteiger partial charge in [-0.25, -0.2) is 22.8 Å². The Hall–Kier alpha value is -3.14. The lowest BCUT2D eigenvalue weighted by Crippen LogP contribution is -2.28. The van der Waals surface area contributed by atoms with Crippen molar-refractivity contribution in [2.75, 3.05) is 0 Å². The Bertz CT molecular complexity index is 1610. The van der Waals surface area contributed by atoms with Crippen LogP contribution < -0.4 is 5.32 Å². The lowest BCUT2D eigenvalue weighted by Gasteiger charge is -2.18. The molecule has 0 unspecified atom stereocenters. The third kappa shape index (κ3) is 4.78. The number of benzene rings is 2. The summed E-state index contributed by atoms with van der Waals surface area (Å²) >= 11 is 12.5. The van der Waals surface area contributed by atoms with E-state index in [2.05, 4.69) is 20.3 Å². The quantitative estimate of drug-likeness (QED) is 0.340. The van der Waals surface area contributed by atoms with Crippen molar-refractivity contribution in [2.24, 2.45) is 0 Å². The van der Waals surface area contributed by atoms with Gasteiger partial charge in [-0.3, -0.25) is 9.78 Å². The van der Waals surface area contributed by atoms with Gasteiger partial charge >= 0.3 is 0 Å². The van der Waals surface area contributed by atoms with Gasteiger partial charge in [0.25, 0.3) is 5.91 Å². The third-order valence-electron chi connectivity index (χ3n) is 5.83. The van der Waals surface area contributed by atoms with E-state index in [9.17, 15) is 17.6 Å². The fourth-order valence-electron chi connectivity index (χ4n) is 3.84. The largest absolute Gasteiger partial charge is 0.344 e. The number of hydrogen-bond acceptors (Lipinski definition) is 6. The molecule has 1 aliphatic rings. The molecule has 0 spiro atoms. The minimum atomic E-state index is -3.54. The zero-order valence-corrected chi connectivity index (χ0v) is 21.2. The second-order valence-corrected chi connectivity index (χ2v) is 11.6. The molecule has 36 heavy (non-hydrogen) atoms. The van der Waals surface area contributed by atoms with Crippen molar-refractivity contribution in [2.45, 2.75) is 36.0 Å². The Morgan fingerprint density at radius 1 is 1.11 bits per heavy atom. The minimum absolute atomic E-state index is 0.0174. The number of halogens is 3. The fourth-order valence-corrected chi connectivity index (χ4v) is 6.08. The molecule has 1 amide bonds. The maximum atomic E-state index is 13.5. The predicted molar refractivity (Wildman–Crippen MR) is 135 cm³/mol. The van der Waals surface area contributed by atoms with Crippen molar-refractivity contribution in [3.8, 4) is 11.4 Å². The first-order chi connectivity index (χ1) is 17.1. The summed E-state index contributed by atoms with van der Waals surface area (Å²) < 4.78 is 38.9. The molecule has 1 fully saturated rings. The van der Waals surface area contributed by atoms with Crippen LogP contribution in [0.1, 0.15) is 41.9 Å². The van der Waals surface area contributed by atoms with Crippen molar-refractivity contribution in [1.82, 2.24) is 20.3 Å². The smallest absolute Gasteiger partial charge is 0.251 e. The van der Waals surface area contributed by atoms with Crippen molar-refractivity contribution < 1.29 is 17.6 Å². The Morgan fingerprint density at radius 3 is 2.58 bits per heavy atom. The average molecular weight is 545 g/mol. The molecule has 1 aliphatic carbocycles. The van der Waals surface area contributed by atoms with Gasteiger partial charge in [-0.2, -0.15) is 0 Å². The van der Waals surface area contributed by atoms with Crippen molar-refractivity contribution in [3.05, 3.63) is 81.8 Å². The van der Waals surface area contributed by atoms with Crippen LogP contribution in [0.5, 0.6) is 0 Å². The highest BCUT2D eigenvalue weighted by Crippen LogP contribution is 2.35. The molecule has 11 heteroatoms. The summed E-state index contributed by atoms with van der Waals surface area (Å²) in [6, 6.07) is 11.3.